The molecule has 0 spiro atoms. The van der Waals surface area contributed by atoms with E-state index in [1.165, 1.54) is 27.8 Å². The van der Waals surface area contributed by atoms with Crippen LogP contribution in [-0.2, 0) is 6.42 Å². The first-order valence-electron chi connectivity index (χ1n) is 6.98. The van der Waals surface area contributed by atoms with Crippen molar-refractivity contribution in [1.29, 1.82) is 0 Å². The zero-order chi connectivity index (χ0) is 14.3. The molecule has 20 heavy (non-hydrogen) atoms. The zero-order valence-corrected chi connectivity index (χ0v) is 12.9. The summed E-state index contributed by atoms with van der Waals surface area (Å²) in [7, 11) is 0. The monoisotopic (exact) mass is 305 g/mol. The molecule has 2 aromatic rings. The van der Waals surface area contributed by atoms with Gasteiger partial charge < -0.3 is 5.73 Å². The standard InChI is InChI=1S/C17H17Cl2N/c1-2-10-3-4-12-14(7-10)13(5-6-20)17-15(12)8-11(18)9-16(17)19/h3-4,7-9,13H,2,5-6,20H2,1H3. The molecule has 1 nitrogen and oxygen atoms in total. The Hall–Kier alpha value is -1.02. The van der Waals surface area contributed by atoms with Crippen LogP contribution >= 0.6 is 23.2 Å². The average Bonchev–Trinajstić information content (AvgIpc) is 2.73. The first-order chi connectivity index (χ1) is 9.65. The molecule has 0 amide bonds. The third-order valence-corrected chi connectivity index (χ3v) is 4.62. The lowest BCUT2D eigenvalue weighted by atomic mass is 9.92. The average molecular weight is 306 g/mol. The Morgan fingerprint density at radius 2 is 1.90 bits per heavy atom. The molecule has 2 N–H and O–H groups in total. The number of hydrogen-bond donors (Lipinski definition) is 1. The van der Waals surface area contributed by atoms with E-state index >= 15 is 0 Å². The van der Waals surface area contributed by atoms with Crippen molar-refractivity contribution in [3.05, 3.63) is 57.1 Å². The van der Waals surface area contributed by atoms with Crippen LogP contribution in [0.3, 0.4) is 0 Å². The number of aryl methyl sites for hydroxylation is 1. The molecule has 0 aromatic heterocycles. The topological polar surface area (TPSA) is 26.0 Å². The van der Waals surface area contributed by atoms with Crippen LogP contribution in [-0.4, -0.2) is 6.54 Å². The maximum Gasteiger partial charge on any atom is 0.0465 e. The number of hydrogen-bond acceptors (Lipinski definition) is 1. The molecule has 0 aliphatic heterocycles. The van der Waals surface area contributed by atoms with Crippen molar-refractivity contribution in [3.63, 3.8) is 0 Å². The fourth-order valence-electron chi connectivity index (χ4n) is 3.15. The summed E-state index contributed by atoms with van der Waals surface area (Å²) in [5.74, 6) is 0.293. The Morgan fingerprint density at radius 1 is 1.10 bits per heavy atom. The van der Waals surface area contributed by atoms with Crippen molar-refractivity contribution in [1.82, 2.24) is 0 Å². The highest BCUT2D eigenvalue weighted by Gasteiger charge is 2.30. The van der Waals surface area contributed by atoms with Crippen molar-refractivity contribution in [2.75, 3.05) is 6.54 Å². The maximum atomic E-state index is 6.44. The predicted octanol–water partition coefficient (Wildman–Crippen LogP) is 5.02. The molecule has 0 heterocycles. The first kappa shape index (κ1) is 13.9. The Bertz CT molecular complexity index is 664. The lowest BCUT2D eigenvalue weighted by molar-refractivity contribution is 0.740. The van der Waals surface area contributed by atoms with Crippen molar-refractivity contribution in [3.8, 4) is 11.1 Å². The summed E-state index contributed by atoms with van der Waals surface area (Å²) < 4.78 is 0. The van der Waals surface area contributed by atoms with Gasteiger partial charge in [0.25, 0.3) is 0 Å². The SMILES string of the molecule is CCc1ccc2c(c1)C(CCN)c1c(Cl)cc(Cl)cc1-2. The summed E-state index contributed by atoms with van der Waals surface area (Å²) in [6, 6.07) is 10.5. The second-order valence-corrected chi connectivity index (χ2v) is 6.10. The Kier molecular flexibility index (Phi) is 3.76. The van der Waals surface area contributed by atoms with E-state index in [0.717, 1.165) is 17.9 Å². The highest BCUT2D eigenvalue weighted by atomic mass is 35.5. The first-order valence-corrected chi connectivity index (χ1v) is 7.73. The molecule has 1 aliphatic carbocycles. The molecule has 1 aliphatic rings. The van der Waals surface area contributed by atoms with Crippen molar-refractivity contribution < 1.29 is 0 Å². The molecule has 104 valence electrons. The zero-order valence-electron chi connectivity index (χ0n) is 11.4. The number of nitrogens with two attached hydrogens (primary N) is 1. The van der Waals surface area contributed by atoms with Gasteiger partial charge in [-0.15, -0.1) is 0 Å². The van der Waals surface area contributed by atoms with Crippen LogP contribution in [0.25, 0.3) is 11.1 Å². The van der Waals surface area contributed by atoms with Crippen LogP contribution < -0.4 is 5.73 Å². The molecule has 3 heteroatoms. The van der Waals surface area contributed by atoms with Crippen molar-refractivity contribution in [2.45, 2.75) is 25.7 Å². The van der Waals surface area contributed by atoms with Gasteiger partial charge in [0.2, 0.25) is 0 Å². The molecule has 2 aromatic carbocycles. The van der Waals surface area contributed by atoms with Crippen LogP contribution in [0, 0.1) is 0 Å². The lowest BCUT2D eigenvalue weighted by Crippen LogP contribution is -2.07. The van der Waals surface area contributed by atoms with Gasteiger partial charge in [0, 0.05) is 16.0 Å². The van der Waals surface area contributed by atoms with E-state index in [4.69, 9.17) is 28.9 Å². The van der Waals surface area contributed by atoms with Crippen LogP contribution in [0.15, 0.2) is 30.3 Å². The summed E-state index contributed by atoms with van der Waals surface area (Å²) in [5.41, 5.74) is 12.1. The molecule has 1 atom stereocenters. The molecule has 0 saturated carbocycles. The largest absolute Gasteiger partial charge is 0.330 e. The van der Waals surface area contributed by atoms with Gasteiger partial charge in [0.15, 0.2) is 0 Å². The van der Waals surface area contributed by atoms with Crippen molar-refractivity contribution >= 4 is 23.2 Å². The highest BCUT2D eigenvalue weighted by molar-refractivity contribution is 6.36. The van der Waals surface area contributed by atoms with E-state index in [9.17, 15) is 0 Å². The molecule has 0 radical (unpaired) electrons. The minimum atomic E-state index is 0.293. The Balaban J connectivity index is 2.25. The second kappa shape index (κ2) is 5.40. The molecule has 0 fully saturated rings. The second-order valence-electron chi connectivity index (χ2n) is 5.25. The van der Waals surface area contributed by atoms with E-state index in [-0.39, 0.29) is 0 Å². The van der Waals surface area contributed by atoms with Crippen molar-refractivity contribution in [2.24, 2.45) is 5.73 Å². The third-order valence-electron chi connectivity index (χ3n) is 4.09. The summed E-state index contributed by atoms with van der Waals surface area (Å²) in [4.78, 5) is 0. The normalized spacial score (nSPS) is 16.1. The summed E-state index contributed by atoms with van der Waals surface area (Å²) in [6.07, 6.45) is 1.95. The molecular weight excluding hydrogens is 289 g/mol. The molecular formula is C17H17Cl2N. The quantitative estimate of drug-likeness (QED) is 0.847. The van der Waals surface area contributed by atoms with Crippen LogP contribution in [0.2, 0.25) is 10.0 Å². The summed E-state index contributed by atoms with van der Waals surface area (Å²) >= 11 is 12.6. The number of rotatable bonds is 3. The smallest absolute Gasteiger partial charge is 0.0465 e. The lowest BCUT2D eigenvalue weighted by Gasteiger charge is -2.14. The van der Waals surface area contributed by atoms with Gasteiger partial charge in [-0.25, -0.2) is 0 Å². The summed E-state index contributed by atoms with van der Waals surface area (Å²) in [6.45, 7) is 2.82. The third kappa shape index (κ3) is 2.14. The summed E-state index contributed by atoms with van der Waals surface area (Å²) in [5, 5.41) is 1.44. The number of benzene rings is 2. The number of fused-ring (bicyclic) bond motifs is 3. The molecule has 3 rings (SSSR count). The minimum absolute atomic E-state index is 0.293. The predicted molar refractivity (Wildman–Crippen MR) is 86.8 cm³/mol. The molecule has 1 unspecified atom stereocenters. The van der Waals surface area contributed by atoms with E-state index in [1.807, 2.05) is 12.1 Å². The maximum absolute atomic E-state index is 6.44. The Labute approximate surface area is 129 Å². The van der Waals surface area contributed by atoms with Crippen LogP contribution in [0.5, 0.6) is 0 Å². The van der Waals surface area contributed by atoms with Crippen LogP contribution in [0.1, 0.15) is 36.0 Å². The van der Waals surface area contributed by atoms with Gasteiger partial charge in [0.1, 0.15) is 0 Å². The van der Waals surface area contributed by atoms with Crippen LogP contribution in [0.4, 0.5) is 0 Å². The van der Waals surface area contributed by atoms with Gasteiger partial charge in [-0.3, -0.25) is 0 Å². The van der Waals surface area contributed by atoms with E-state index in [2.05, 4.69) is 25.1 Å². The number of halogens is 2. The highest BCUT2D eigenvalue weighted by Crippen LogP contribution is 2.50. The fraction of sp³-hybridized carbons (Fsp3) is 0.294. The van der Waals surface area contributed by atoms with E-state index in [0.29, 0.717) is 17.5 Å². The minimum Gasteiger partial charge on any atom is -0.330 e. The van der Waals surface area contributed by atoms with Gasteiger partial charge in [-0.1, -0.05) is 48.3 Å². The van der Waals surface area contributed by atoms with Gasteiger partial charge >= 0.3 is 0 Å². The van der Waals surface area contributed by atoms with Gasteiger partial charge in [-0.2, -0.15) is 0 Å². The molecule has 0 saturated heterocycles. The van der Waals surface area contributed by atoms with E-state index in [1.54, 1.807) is 0 Å². The molecule has 0 bridgehead atoms. The Morgan fingerprint density at radius 3 is 2.60 bits per heavy atom. The van der Waals surface area contributed by atoms with Gasteiger partial charge in [-0.05, 0) is 59.3 Å². The fourth-order valence-corrected chi connectivity index (χ4v) is 3.77. The van der Waals surface area contributed by atoms with E-state index < -0.39 is 0 Å². The van der Waals surface area contributed by atoms with Gasteiger partial charge in [0.05, 0.1) is 0 Å².